The number of hydrogen-bond acceptors (Lipinski definition) is 4. The lowest BCUT2D eigenvalue weighted by molar-refractivity contribution is 0.770. The fourth-order valence-electron chi connectivity index (χ4n) is 7.49. The molecule has 10 aromatic rings. The van der Waals surface area contributed by atoms with E-state index in [1.807, 2.05) is 36.4 Å². The fraction of sp³-hybridized carbons (Fsp3) is 0.0370. The van der Waals surface area contributed by atoms with E-state index in [0.717, 1.165) is 74.1 Å². The number of aryl methyl sites for hydroxylation is 2. The number of halogens is 4. The summed E-state index contributed by atoms with van der Waals surface area (Å²) in [6.07, 6.45) is 0. The van der Waals surface area contributed by atoms with Gasteiger partial charge >= 0.3 is 0 Å². The first kappa shape index (κ1) is 42.5. The van der Waals surface area contributed by atoms with Crippen LogP contribution in [0.3, 0.4) is 0 Å². The maximum absolute atomic E-state index is 4.62. The maximum Gasteiger partial charge on any atom is 0.129 e. The van der Waals surface area contributed by atoms with Gasteiger partial charge < -0.3 is 9.80 Å². The highest BCUT2D eigenvalue weighted by Crippen LogP contribution is 2.39. The summed E-state index contributed by atoms with van der Waals surface area (Å²) < 4.78 is 4.00. The van der Waals surface area contributed by atoms with Crippen LogP contribution in [0, 0.1) is 13.8 Å². The van der Waals surface area contributed by atoms with Crippen molar-refractivity contribution in [1.29, 1.82) is 0 Å². The monoisotopic (exact) mass is 1070 g/mol. The predicted octanol–water partition coefficient (Wildman–Crippen LogP) is 17.5. The molecule has 9 heteroatoms. The van der Waals surface area contributed by atoms with E-state index in [1.165, 1.54) is 27.6 Å². The zero-order chi connectivity index (χ0) is 43.5. The van der Waals surface area contributed by atoms with Crippen molar-refractivity contribution in [1.82, 2.24) is 15.0 Å². The van der Waals surface area contributed by atoms with E-state index in [9.17, 15) is 0 Å². The summed E-state index contributed by atoms with van der Waals surface area (Å²) in [7, 11) is 0. The first-order valence-electron chi connectivity index (χ1n) is 20.3. The van der Waals surface area contributed by atoms with Crippen LogP contribution in [-0.2, 0) is 0 Å². The minimum absolute atomic E-state index is 0.845. The van der Waals surface area contributed by atoms with Crippen molar-refractivity contribution in [2.75, 3.05) is 9.80 Å². The van der Waals surface area contributed by atoms with Gasteiger partial charge in [-0.2, -0.15) is 0 Å². The van der Waals surface area contributed by atoms with E-state index >= 15 is 0 Å². The summed E-state index contributed by atoms with van der Waals surface area (Å²) in [5.74, 6) is 0. The van der Waals surface area contributed by atoms with Crippen LogP contribution in [0.2, 0.25) is 0 Å². The van der Waals surface area contributed by atoms with Gasteiger partial charge in [-0.25, -0.2) is 0 Å². The molecule has 0 aliphatic carbocycles. The largest absolute Gasteiger partial charge is 0.311 e. The Morgan fingerprint density at radius 1 is 0.365 bits per heavy atom. The second kappa shape index (κ2) is 18.9. The van der Waals surface area contributed by atoms with Gasteiger partial charge in [0.05, 0.1) is 5.69 Å². The number of aromatic nitrogens is 3. The Morgan fingerprint density at radius 2 is 0.714 bits per heavy atom. The van der Waals surface area contributed by atoms with Gasteiger partial charge in [0.25, 0.3) is 0 Å². The highest BCUT2D eigenvalue weighted by Gasteiger charge is 2.16. The van der Waals surface area contributed by atoms with Crippen LogP contribution in [0.15, 0.2) is 218 Å². The summed E-state index contributed by atoms with van der Waals surface area (Å²) in [5.41, 5.74) is 14.2. The molecule has 0 bridgehead atoms. The Labute approximate surface area is 401 Å². The van der Waals surface area contributed by atoms with Gasteiger partial charge in [-0.05, 0) is 177 Å². The Kier molecular flexibility index (Phi) is 12.7. The highest BCUT2D eigenvalue weighted by molar-refractivity contribution is 9.11. The Morgan fingerprint density at radius 3 is 1.13 bits per heavy atom. The molecule has 1 heterocycles. The normalized spacial score (nSPS) is 11.0. The average molecular weight is 1080 g/mol. The molecule has 0 unspecified atom stereocenters. The number of rotatable bonds is 8. The quantitative estimate of drug-likeness (QED) is 0.152. The molecule has 0 aliphatic rings. The number of fused-ring (bicyclic) bond motifs is 2. The molecule has 5 nitrogen and oxygen atoms in total. The van der Waals surface area contributed by atoms with Gasteiger partial charge in [-0.3, -0.25) is 0 Å². The lowest BCUT2D eigenvalue weighted by Gasteiger charge is -2.26. The van der Waals surface area contributed by atoms with E-state index in [2.05, 4.69) is 261 Å². The van der Waals surface area contributed by atoms with Crippen LogP contribution in [0.1, 0.15) is 11.1 Å². The second-order valence-electron chi connectivity index (χ2n) is 15.1. The number of hydrogen-bond donors (Lipinski definition) is 0. The third kappa shape index (κ3) is 9.43. The highest BCUT2D eigenvalue weighted by atomic mass is 79.9. The van der Waals surface area contributed by atoms with Crippen LogP contribution >= 0.6 is 63.7 Å². The summed E-state index contributed by atoms with van der Waals surface area (Å²) in [6, 6.07) is 70.2. The molecule has 9 aromatic carbocycles. The number of nitrogens with zero attached hydrogens (tertiary/aromatic N) is 5. The van der Waals surface area contributed by atoms with Crippen LogP contribution in [-0.4, -0.2) is 15.0 Å². The Bertz CT molecular complexity index is 2880. The Hall–Kier alpha value is -5.84. The predicted molar refractivity (Wildman–Crippen MR) is 278 cm³/mol. The first-order valence-corrected chi connectivity index (χ1v) is 23.5. The van der Waals surface area contributed by atoms with E-state index in [4.69, 9.17) is 0 Å². The summed E-state index contributed by atoms with van der Waals surface area (Å²) in [4.78, 5) is 6.27. The van der Waals surface area contributed by atoms with Crippen LogP contribution < -0.4 is 9.80 Å². The van der Waals surface area contributed by atoms with Gasteiger partial charge in [0, 0.05) is 57.4 Å². The summed E-state index contributed by atoms with van der Waals surface area (Å²) in [5, 5.41) is 11.6. The molecular weight excluding hydrogens is 1040 g/mol. The summed E-state index contributed by atoms with van der Waals surface area (Å²) >= 11 is 14.2. The standard InChI is InChI=1S/C38H30Br2N2.C16H9Br2N3/c1-27-3-15-33(16-4-27)41(37-23-11-31(39)12-24-37)35-19-7-29(8-20-35)30-9-21-36(22-10-30)42(34-17-5-28(2)6-18-34)38-25-13-32(40)14-26-38;17-12-8-9-13(18)16-15(12)19-21(20-16)14-7-3-5-10-4-1-2-6-11(10)14/h3-26H,1-2H3;1-9H. The van der Waals surface area contributed by atoms with Gasteiger partial charge in [-0.15, -0.1) is 15.0 Å². The SMILES string of the molecule is Brc1ccc(Br)c2nn(-c3cccc4ccccc34)nc12.Cc1ccc(N(c2ccc(Br)cc2)c2ccc(-c3ccc(N(c4ccc(C)cc4)c4ccc(Br)cc4)cc3)cc2)cc1. The molecule has 0 amide bonds. The lowest BCUT2D eigenvalue weighted by Crippen LogP contribution is -2.10. The molecule has 0 fully saturated rings. The molecule has 0 radical (unpaired) electrons. The molecule has 0 saturated heterocycles. The molecule has 0 spiro atoms. The molecule has 0 N–H and O–H groups in total. The van der Waals surface area contributed by atoms with Gasteiger partial charge in [-0.1, -0.05) is 128 Å². The maximum atomic E-state index is 4.62. The number of benzene rings is 9. The topological polar surface area (TPSA) is 37.2 Å². The van der Waals surface area contributed by atoms with E-state index < -0.39 is 0 Å². The van der Waals surface area contributed by atoms with Crippen molar-refractivity contribution >= 4 is 120 Å². The van der Waals surface area contributed by atoms with Gasteiger partial charge in [0.1, 0.15) is 11.0 Å². The smallest absolute Gasteiger partial charge is 0.129 e. The molecule has 0 aliphatic heterocycles. The summed E-state index contributed by atoms with van der Waals surface area (Å²) in [6.45, 7) is 4.24. The second-order valence-corrected chi connectivity index (χ2v) is 18.6. The van der Waals surface area contributed by atoms with E-state index in [1.54, 1.807) is 4.80 Å². The molecule has 1 aromatic heterocycles. The molecule has 0 saturated carbocycles. The third-order valence-corrected chi connectivity index (χ3v) is 13.1. The van der Waals surface area contributed by atoms with Crippen LogP contribution in [0.4, 0.5) is 34.1 Å². The van der Waals surface area contributed by atoms with Crippen molar-refractivity contribution in [3.8, 4) is 16.8 Å². The minimum atomic E-state index is 0.845. The molecule has 308 valence electrons. The van der Waals surface area contributed by atoms with Crippen molar-refractivity contribution in [2.24, 2.45) is 0 Å². The zero-order valence-corrected chi connectivity index (χ0v) is 40.6. The average Bonchev–Trinajstić information content (AvgIpc) is 3.78. The molecular formula is C54H39Br4N5. The van der Waals surface area contributed by atoms with Gasteiger partial charge in [0.15, 0.2) is 0 Å². The minimum Gasteiger partial charge on any atom is -0.311 e. The zero-order valence-electron chi connectivity index (χ0n) is 34.3. The van der Waals surface area contributed by atoms with Gasteiger partial charge in [0.2, 0.25) is 0 Å². The van der Waals surface area contributed by atoms with E-state index in [0.29, 0.717) is 0 Å². The van der Waals surface area contributed by atoms with Crippen molar-refractivity contribution in [3.63, 3.8) is 0 Å². The first-order chi connectivity index (χ1) is 30.7. The Balaban J connectivity index is 0.000000199. The third-order valence-electron chi connectivity index (χ3n) is 10.8. The fourth-order valence-corrected chi connectivity index (χ4v) is 8.82. The van der Waals surface area contributed by atoms with Crippen LogP contribution in [0.25, 0.3) is 38.6 Å². The molecule has 0 atom stereocenters. The molecule has 63 heavy (non-hydrogen) atoms. The van der Waals surface area contributed by atoms with Crippen LogP contribution in [0.5, 0.6) is 0 Å². The van der Waals surface area contributed by atoms with E-state index in [-0.39, 0.29) is 0 Å². The van der Waals surface area contributed by atoms with Crippen molar-refractivity contribution in [3.05, 3.63) is 229 Å². The number of anilines is 6. The van der Waals surface area contributed by atoms with Crippen molar-refractivity contribution in [2.45, 2.75) is 13.8 Å². The lowest BCUT2D eigenvalue weighted by atomic mass is 10.0. The molecule has 10 rings (SSSR count). The van der Waals surface area contributed by atoms with Crippen molar-refractivity contribution < 1.29 is 0 Å².